The van der Waals surface area contributed by atoms with E-state index >= 15 is 0 Å². The lowest BCUT2D eigenvalue weighted by atomic mass is 10.0. The molecule has 0 saturated carbocycles. The third-order valence-electron chi connectivity index (χ3n) is 3.22. The van der Waals surface area contributed by atoms with E-state index in [4.69, 9.17) is 20.7 Å². The van der Waals surface area contributed by atoms with Crippen molar-refractivity contribution in [2.45, 2.75) is 13.0 Å². The van der Waals surface area contributed by atoms with Crippen LogP contribution in [0.3, 0.4) is 0 Å². The molecule has 1 aromatic carbocycles. The second-order valence-electron chi connectivity index (χ2n) is 4.48. The molecule has 1 aromatic rings. The number of methoxy groups -OCH3 is 1. The third-order valence-corrected chi connectivity index (χ3v) is 3.22. The average Bonchev–Trinajstić information content (AvgIpc) is 2.45. The molecule has 0 heterocycles. The van der Waals surface area contributed by atoms with Crippen molar-refractivity contribution in [3.05, 3.63) is 23.8 Å². The summed E-state index contributed by atoms with van der Waals surface area (Å²) in [7, 11) is 1.51. The van der Waals surface area contributed by atoms with Crippen LogP contribution in [-0.2, 0) is 0 Å². The second-order valence-corrected chi connectivity index (χ2v) is 4.48. The van der Waals surface area contributed by atoms with Gasteiger partial charge in [-0.2, -0.15) is 0 Å². The molecule has 1 atom stereocenters. The van der Waals surface area contributed by atoms with Crippen LogP contribution in [0.4, 0.5) is 5.69 Å². The molecule has 1 rings (SSSR count). The zero-order valence-corrected chi connectivity index (χ0v) is 11.9. The fraction of sp³-hybridized carbons (Fsp3) is 0.500. The van der Waals surface area contributed by atoms with Gasteiger partial charge in [-0.15, -0.1) is 0 Å². The number of nitrogen functional groups attached to an aromatic ring is 1. The molecule has 0 fully saturated rings. The quantitative estimate of drug-likeness (QED) is 0.463. The van der Waals surface area contributed by atoms with Gasteiger partial charge in [-0.3, -0.25) is 9.69 Å². The van der Waals surface area contributed by atoms with Gasteiger partial charge in [0.15, 0.2) is 5.78 Å². The van der Waals surface area contributed by atoms with Crippen LogP contribution < -0.4 is 10.5 Å². The molecule has 0 aromatic heterocycles. The molecule has 4 N–H and O–H groups in total. The van der Waals surface area contributed by atoms with E-state index in [1.54, 1.807) is 30.0 Å². The van der Waals surface area contributed by atoms with Crippen LogP contribution in [-0.4, -0.2) is 60.4 Å². The normalized spacial score (nSPS) is 12.4. The Labute approximate surface area is 118 Å². The summed E-state index contributed by atoms with van der Waals surface area (Å²) < 4.78 is 5.05. The predicted octanol–water partition coefficient (Wildman–Crippen LogP) is 0.135. The minimum Gasteiger partial charge on any atom is -0.495 e. The summed E-state index contributed by atoms with van der Waals surface area (Å²) >= 11 is 0. The first-order chi connectivity index (χ1) is 9.54. The number of rotatable bonds is 8. The molecule has 0 aliphatic carbocycles. The molecule has 112 valence electrons. The van der Waals surface area contributed by atoms with Gasteiger partial charge in [0.1, 0.15) is 5.75 Å². The fourth-order valence-electron chi connectivity index (χ4n) is 2.05. The SMILES string of the molecule is COc1ccc(C(=O)C(C)N(CCO)CCO)cc1N. The summed E-state index contributed by atoms with van der Waals surface area (Å²) in [5.74, 6) is 0.415. The van der Waals surface area contributed by atoms with Crippen molar-refractivity contribution in [3.8, 4) is 5.75 Å². The number of anilines is 1. The van der Waals surface area contributed by atoms with Gasteiger partial charge >= 0.3 is 0 Å². The molecule has 6 nitrogen and oxygen atoms in total. The summed E-state index contributed by atoms with van der Waals surface area (Å²) in [6.45, 7) is 2.27. The summed E-state index contributed by atoms with van der Waals surface area (Å²) in [6.07, 6.45) is 0. The van der Waals surface area contributed by atoms with E-state index in [0.717, 1.165) is 0 Å². The number of hydrogen-bond donors (Lipinski definition) is 3. The highest BCUT2D eigenvalue weighted by Crippen LogP contribution is 2.23. The standard InChI is InChI=1S/C14H22N2O4/c1-10(16(5-7-17)6-8-18)14(19)11-3-4-13(20-2)12(15)9-11/h3-4,9-10,17-18H,5-8,15H2,1-2H3. The molecule has 1 unspecified atom stereocenters. The van der Waals surface area contributed by atoms with Gasteiger partial charge in [0.25, 0.3) is 0 Å². The number of Topliss-reactive ketones (excluding diaryl/α,β-unsaturated/α-hetero) is 1. The van der Waals surface area contributed by atoms with Gasteiger partial charge in [-0.1, -0.05) is 0 Å². The molecule has 0 bridgehead atoms. The lowest BCUT2D eigenvalue weighted by Crippen LogP contribution is -2.42. The van der Waals surface area contributed by atoms with Crippen LogP contribution in [0.15, 0.2) is 18.2 Å². The number of nitrogens with zero attached hydrogens (tertiary/aromatic N) is 1. The van der Waals surface area contributed by atoms with E-state index in [1.165, 1.54) is 7.11 Å². The number of aliphatic hydroxyl groups is 2. The Kier molecular flexibility index (Phi) is 6.44. The fourth-order valence-corrected chi connectivity index (χ4v) is 2.05. The largest absolute Gasteiger partial charge is 0.495 e. The van der Waals surface area contributed by atoms with Crippen molar-refractivity contribution in [3.63, 3.8) is 0 Å². The maximum atomic E-state index is 12.4. The topological polar surface area (TPSA) is 96.0 Å². The first-order valence-electron chi connectivity index (χ1n) is 6.48. The molecule has 0 saturated heterocycles. The molecule has 20 heavy (non-hydrogen) atoms. The zero-order chi connectivity index (χ0) is 15.1. The highest BCUT2D eigenvalue weighted by Gasteiger charge is 2.22. The number of carbonyl (C=O) groups is 1. The van der Waals surface area contributed by atoms with Crippen LogP contribution in [0, 0.1) is 0 Å². The highest BCUT2D eigenvalue weighted by atomic mass is 16.5. The highest BCUT2D eigenvalue weighted by molar-refractivity contribution is 6.00. The first kappa shape index (κ1) is 16.4. The van der Waals surface area contributed by atoms with Gasteiger partial charge in [-0.25, -0.2) is 0 Å². The van der Waals surface area contributed by atoms with Crippen molar-refractivity contribution in [1.82, 2.24) is 4.90 Å². The minimum atomic E-state index is -0.443. The summed E-state index contributed by atoms with van der Waals surface area (Å²) in [6, 6.07) is 4.44. The van der Waals surface area contributed by atoms with Gasteiger partial charge in [-0.05, 0) is 25.1 Å². The second kappa shape index (κ2) is 7.84. The number of carbonyl (C=O) groups excluding carboxylic acids is 1. The molecule has 0 radical (unpaired) electrons. The summed E-state index contributed by atoms with van der Waals surface area (Å²) in [4.78, 5) is 14.1. The predicted molar refractivity (Wildman–Crippen MR) is 76.9 cm³/mol. The van der Waals surface area contributed by atoms with Crippen LogP contribution in [0.1, 0.15) is 17.3 Å². The number of benzene rings is 1. The third kappa shape index (κ3) is 3.93. The van der Waals surface area contributed by atoms with E-state index in [0.29, 0.717) is 30.1 Å². The molecule has 0 aliphatic heterocycles. The van der Waals surface area contributed by atoms with E-state index < -0.39 is 6.04 Å². The Morgan fingerprint density at radius 2 is 1.95 bits per heavy atom. The number of hydrogen-bond acceptors (Lipinski definition) is 6. The summed E-state index contributed by atoms with van der Waals surface area (Å²) in [5.41, 5.74) is 6.68. The van der Waals surface area contributed by atoms with Gasteiger partial charge in [0, 0.05) is 18.7 Å². The van der Waals surface area contributed by atoms with Crippen LogP contribution in [0.25, 0.3) is 0 Å². The average molecular weight is 282 g/mol. The number of nitrogens with two attached hydrogens (primary N) is 1. The van der Waals surface area contributed by atoms with Crippen molar-refractivity contribution in [1.29, 1.82) is 0 Å². The lowest BCUT2D eigenvalue weighted by molar-refractivity contribution is 0.0769. The van der Waals surface area contributed by atoms with Crippen LogP contribution in [0.2, 0.25) is 0 Å². The maximum absolute atomic E-state index is 12.4. The Balaban J connectivity index is 2.89. The smallest absolute Gasteiger partial charge is 0.179 e. The van der Waals surface area contributed by atoms with E-state index in [1.807, 2.05) is 0 Å². The Morgan fingerprint density at radius 3 is 2.40 bits per heavy atom. The first-order valence-corrected chi connectivity index (χ1v) is 6.48. The molecule has 0 spiro atoms. The van der Waals surface area contributed by atoms with E-state index in [2.05, 4.69) is 0 Å². The molecular formula is C14H22N2O4. The van der Waals surface area contributed by atoms with Crippen molar-refractivity contribution < 1.29 is 19.7 Å². The van der Waals surface area contributed by atoms with E-state index in [-0.39, 0.29) is 19.0 Å². The Morgan fingerprint density at radius 1 is 1.35 bits per heavy atom. The van der Waals surface area contributed by atoms with Gasteiger partial charge in [0.2, 0.25) is 0 Å². The molecule has 6 heteroatoms. The number of aliphatic hydroxyl groups excluding tert-OH is 2. The zero-order valence-electron chi connectivity index (χ0n) is 11.9. The van der Waals surface area contributed by atoms with Crippen LogP contribution >= 0.6 is 0 Å². The lowest BCUT2D eigenvalue weighted by Gasteiger charge is -2.26. The monoisotopic (exact) mass is 282 g/mol. The van der Waals surface area contributed by atoms with Crippen molar-refractivity contribution in [2.75, 3.05) is 39.1 Å². The van der Waals surface area contributed by atoms with Gasteiger partial charge < -0.3 is 20.7 Å². The van der Waals surface area contributed by atoms with Gasteiger partial charge in [0.05, 0.1) is 32.1 Å². The minimum absolute atomic E-state index is 0.0671. The Hall–Kier alpha value is -1.63. The molecule has 0 aliphatic rings. The number of ether oxygens (including phenoxy) is 1. The van der Waals surface area contributed by atoms with Crippen molar-refractivity contribution >= 4 is 11.5 Å². The maximum Gasteiger partial charge on any atom is 0.179 e. The van der Waals surface area contributed by atoms with Crippen molar-refractivity contribution in [2.24, 2.45) is 0 Å². The molecule has 0 amide bonds. The Bertz CT molecular complexity index is 445. The van der Waals surface area contributed by atoms with Crippen LogP contribution in [0.5, 0.6) is 5.75 Å². The number of ketones is 1. The van der Waals surface area contributed by atoms with E-state index in [9.17, 15) is 4.79 Å². The molecular weight excluding hydrogens is 260 g/mol. The summed E-state index contributed by atoms with van der Waals surface area (Å²) in [5, 5.41) is 18.0.